The Kier molecular flexibility index (Phi) is 4.46. The summed E-state index contributed by atoms with van der Waals surface area (Å²) in [4.78, 5) is 11.2. The molecule has 2 aromatic carbocycles. The lowest BCUT2D eigenvalue weighted by Crippen LogP contribution is -2.10. The van der Waals surface area contributed by atoms with E-state index in [0.717, 1.165) is 6.07 Å². The van der Waals surface area contributed by atoms with Crippen LogP contribution in [0.1, 0.15) is 21.5 Å². The molecular weight excluding hydrogens is 363 g/mol. The third-order valence-electron chi connectivity index (χ3n) is 3.10. The van der Waals surface area contributed by atoms with Gasteiger partial charge in [-0.15, -0.1) is 0 Å². The topological polar surface area (TPSA) is 49.3 Å². The summed E-state index contributed by atoms with van der Waals surface area (Å²) in [5.41, 5.74) is -0.386. The van der Waals surface area contributed by atoms with Crippen LogP contribution in [0.25, 0.3) is 0 Å². The molecule has 0 aliphatic heterocycles. The molecule has 0 saturated heterocycles. The van der Waals surface area contributed by atoms with Gasteiger partial charge in [-0.25, -0.2) is 4.79 Å². The maximum atomic E-state index is 13.0. The van der Waals surface area contributed by atoms with Gasteiger partial charge in [0.2, 0.25) is 0 Å². The van der Waals surface area contributed by atoms with Gasteiger partial charge >= 0.3 is 12.1 Å². The number of hydrogen-bond acceptors (Lipinski definition) is 2. The highest BCUT2D eigenvalue weighted by atomic mass is 79.9. The van der Waals surface area contributed by atoms with E-state index in [-0.39, 0.29) is 27.0 Å². The molecule has 0 amide bonds. The molecule has 7 heteroatoms. The summed E-state index contributed by atoms with van der Waals surface area (Å²) in [5, 5.41) is 11.9. The molecule has 0 bridgehead atoms. The molecule has 22 heavy (non-hydrogen) atoms. The van der Waals surface area contributed by atoms with Crippen LogP contribution in [-0.2, 0) is 6.18 Å². The summed E-state index contributed by atoms with van der Waals surface area (Å²) >= 11 is 3.04. The summed E-state index contributed by atoms with van der Waals surface area (Å²) in [6.45, 7) is 1.33. The smallest absolute Gasteiger partial charge is 0.416 e. The summed E-state index contributed by atoms with van der Waals surface area (Å²) in [6.07, 6.45) is -4.49. The fourth-order valence-electron chi connectivity index (χ4n) is 2.03. The van der Waals surface area contributed by atoms with Crippen molar-refractivity contribution in [1.29, 1.82) is 0 Å². The minimum atomic E-state index is -4.49. The van der Waals surface area contributed by atoms with Crippen molar-refractivity contribution < 1.29 is 23.1 Å². The van der Waals surface area contributed by atoms with E-state index >= 15 is 0 Å². The van der Waals surface area contributed by atoms with Gasteiger partial charge in [0.1, 0.15) is 0 Å². The summed E-state index contributed by atoms with van der Waals surface area (Å²) in [5.74, 6) is -1.16. The van der Waals surface area contributed by atoms with Crippen LogP contribution in [0.15, 0.2) is 40.9 Å². The Balaban J connectivity index is 2.52. The van der Waals surface area contributed by atoms with E-state index in [9.17, 15) is 18.0 Å². The Labute approximate surface area is 132 Å². The number of carboxylic acids is 1. The first-order chi connectivity index (χ1) is 10.2. The zero-order chi connectivity index (χ0) is 16.5. The molecule has 0 radical (unpaired) electrons. The normalized spacial score (nSPS) is 11.3. The molecular formula is C15H11BrF3NO2. The average molecular weight is 374 g/mol. The number of carboxylic acid groups (broad SMARTS) is 1. The van der Waals surface area contributed by atoms with E-state index in [2.05, 4.69) is 21.2 Å². The molecule has 0 spiro atoms. The van der Waals surface area contributed by atoms with Gasteiger partial charge in [-0.1, -0.05) is 28.1 Å². The summed E-state index contributed by atoms with van der Waals surface area (Å²) in [6, 6.07) is 8.49. The van der Waals surface area contributed by atoms with Gasteiger partial charge in [-0.2, -0.15) is 13.2 Å². The third kappa shape index (κ3) is 3.41. The van der Waals surface area contributed by atoms with E-state index in [1.54, 1.807) is 12.1 Å². The van der Waals surface area contributed by atoms with E-state index in [1.165, 1.54) is 25.1 Å². The lowest BCUT2D eigenvalue weighted by molar-refractivity contribution is -0.138. The quantitative estimate of drug-likeness (QED) is 0.775. The predicted molar refractivity (Wildman–Crippen MR) is 80.6 cm³/mol. The van der Waals surface area contributed by atoms with Crippen molar-refractivity contribution in [3.05, 3.63) is 57.6 Å². The number of para-hydroxylation sites is 1. The zero-order valence-electron chi connectivity index (χ0n) is 11.3. The molecule has 0 saturated carbocycles. The second-order valence-electron chi connectivity index (χ2n) is 4.60. The SMILES string of the molecule is Cc1c(Nc2ccccc2C(=O)O)cc(Br)cc1C(F)(F)F. The number of hydrogen-bond donors (Lipinski definition) is 2. The van der Waals surface area contributed by atoms with Crippen molar-refractivity contribution in [2.24, 2.45) is 0 Å². The van der Waals surface area contributed by atoms with Crippen LogP contribution in [0.5, 0.6) is 0 Å². The molecule has 2 N–H and O–H groups in total. The van der Waals surface area contributed by atoms with Crippen LogP contribution in [0, 0.1) is 6.92 Å². The molecule has 0 aromatic heterocycles. The Morgan fingerprint density at radius 3 is 2.41 bits per heavy atom. The first-order valence-corrected chi connectivity index (χ1v) is 6.96. The Morgan fingerprint density at radius 1 is 1.18 bits per heavy atom. The lowest BCUT2D eigenvalue weighted by Gasteiger charge is -2.17. The van der Waals surface area contributed by atoms with Gasteiger partial charge in [0, 0.05) is 10.2 Å². The van der Waals surface area contributed by atoms with Crippen LogP contribution in [-0.4, -0.2) is 11.1 Å². The predicted octanol–water partition coefficient (Wildman–Crippen LogP) is 5.22. The van der Waals surface area contributed by atoms with Crippen molar-refractivity contribution in [3.8, 4) is 0 Å². The largest absolute Gasteiger partial charge is 0.478 e. The minimum absolute atomic E-state index is 0.00380. The van der Waals surface area contributed by atoms with Crippen molar-refractivity contribution >= 4 is 33.3 Å². The van der Waals surface area contributed by atoms with E-state index < -0.39 is 17.7 Å². The number of aromatic carboxylic acids is 1. The fraction of sp³-hybridized carbons (Fsp3) is 0.133. The Bertz CT molecular complexity index is 729. The zero-order valence-corrected chi connectivity index (χ0v) is 12.9. The Morgan fingerprint density at radius 2 is 1.82 bits per heavy atom. The first-order valence-electron chi connectivity index (χ1n) is 6.17. The van der Waals surface area contributed by atoms with Crippen LogP contribution < -0.4 is 5.32 Å². The van der Waals surface area contributed by atoms with Crippen molar-refractivity contribution in [2.75, 3.05) is 5.32 Å². The molecule has 2 rings (SSSR count). The van der Waals surface area contributed by atoms with E-state index in [0.29, 0.717) is 0 Å². The maximum absolute atomic E-state index is 13.0. The molecule has 0 aliphatic carbocycles. The van der Waals surface area contributed by atoms with Gasteiger partial charge in [-0.3, -0.25) is 0 Å². The lowest BCUT2D eigenvalue weighted by atomic mass is 10.1. The second kappa shape index (κ2) is 6.00. The number of rotatable bonds is 3. The van der Waals surface area contributed by atoms with Crippen LogP contribution in [0.3, 0.4) is 0 Å². The molecule has 0 atom stereocenters. The highest BCUT2D eigenvalue weighted by Crippen LogP contribution is 2.38. The van der Waals surface area contributed by atoms with E-state index in [1.807, 2.05) is 0 Å². The number of alkyl halides is 3. The molecule has 2 aromatic rings. The first kappa shape index (κ1) is 16.4. The number of carbonyl (C=O) groups is 1. The van der Waals surface area contributed by atoms with Crippen molar-refractivity contribution in [1.82, 2.24) is 0 Å². The molecule has 116 valence electrons. The number of benzene rings is 2. The maximum Gasteiger partial charge on any atom is 0.416 e. The second-order valence-corrected chi connectivity index (χ2v) is 5.52. The van der Waals surface area contributed by atoms with Gasteiger partial charge in [0.25, 0.3) is 0 Å². The van der Waals surface area contributed by atoms with Gasteiger partial charge in [-0.05, 0) is 36.8 Å². The number of nitrogens with one attached hydrogen (secondary N) is 1. The van der Waals surface area contributed by atoms with Gasteiger partial charge in [0.15, 0.2) is 0 Å². The molecule has 0 fully saturated rings. The molecule has 0 unspecified atom stereocenters. The van der Waals surface area contributed by atoms with Crippen LogP contribution >= 0.6 is 15.9 Å². The van der Waals surface area contributed by atoms with Gasteiger partial charge in [0.05, 0.1) is 16.8 Å². The molecule has 3 nitrogen and oxygen atoms in total. The fourth-order valence-corrected chi connectivity index (χ4v) is 2.48. The summed E-state index contributed by atoms with van der Waals surface area (Å²) < 4.78 is 39.3. The third-order valence-corrected chi connectivity index (χ3v) is 3.56. The van der Waals surface area contributed by atoms with E-state index in [4.69, 9.17) is 5.11 Å². The summed E-state index contributed by atoms with van der Waals surface area (Å²) in [7, 11) is 0. The van der Waals surface area contributed by atoms with Crippen molar-refractivity contribution in [3.63, 3.8) is 0 Å². The Hall–Kier alpha value is -2.02. The van der Waals surface area contributed by atoms with Gasteiger partial charge < -0.3 is 10.4 Å². The van der Waals surface area contributed by atoms with Crippen LogP contribution in [0.4, 0.5) is 24.5 Å². The molecule has 0 aliphatic rings. The average Bonchev–Trinajstić information content (AvgIpc) is 2.41. The standard InChI is InChI=1S/C15H11BrF3NO2/c1-8-11(15(17,18)19)6-9(16)7-13(8)20-12-5-3-2-4-10(12)14(21)22/h2-7,20H,1H3,(H,21,22). The van der Waals surface area contributed by atoms with Crippen molar-refractivity contribution in [2.45, 2.75) is 13.1 Å². The minimum Gasteiger partial charge on any atom is -0.478 e. The monoisotopic (exact) mass is 373 g/mol. The number of halogens is 4. The highest BCUT2D eigenvalue weighted by Gasteiger charge is 2.33. The van der Waals surface area contributed by atoms with Crippen LogP contribution in [0.2, 0.25) is 0 Å². The number of anilines is 2. The highest BCUT2D eigenvalue weighted by molar-refractivity contribution is 9.10. The molecule has 0 heterocycles.